The van der Waals surface area contributed by atoms with Gasteiger partial charge in [0.05, 0.1) is 15.2 Å². The summed E-state index contributed by atoms with van der Waals surface area (Å²) in [5.74, 6) is 0.674. The Bertz CT molecular complexity index is 495. The van der Waals surface area contributed by atoms with Crippen LogP contribution >= 0.6 is 27.5 Å². The minimum absolute atomic E-state index is 0.145. The molecule has 0 aliphatic heterocycles. The topological polar surface area (TPSA) is 29.1 Å². The van der Waals surface area contributed by atoms with Crippen LogP contribution in [0.5, 0.6) is 0 Å². The van der Waals surface area contributed by atoms with E-state index in [2.05, 4.69) is 35.1 Å². The number of nitrogens with one attached hydrogen (secondary N) is 1. The summed E-state index contributed by atoms with van der Waals surface area (Å²) >= 11 is 9.52. The lowest BCUT2D eigenvalue weighted by atomic mass is 9.77. The standard InChI is InChI=1S/C16H21BrClNO/c1-11(2)10-16(8-3-4-9-16)15(20)19-13-7-5-6-12(18)14(13)17/h5-7,11H,3-4,8-10H2,1-2H3,(H,19,20). The van der Waals surface area contributed by atoms with E-state index in [1.807, 2.05) is 12.1 Å². The molecule has 1 aliphatic carbocycles. The highest BCUT2D eigenvalue weighted by atomic mass is 79.9. The first-order valence-corrected chi connectivity index (χ1v) is 8.37. The monoisotopic (exact) mass is 357 g/mol. The average Bonchev–Trinajstić information content (AvgIpc) is 2.84. The van der Waals surface area contributed by atoms with E-state index >= 15 is 0 Å². The van der Waals surface area contributed by atoms with Gasteiger partial charge in [-0.3, -0.25) is 4.79 Å². The number of anilines is 1. The molecule has 1 fully saturated rings. The van der Waals surface area contributed by atoms with E-state index in [9.17, 15) is 4.79 Å². The van der Waals surface area contributed by atoms with Crippen LogP contribution in [0.1, 0.15) is 46.0 Å². The molecule has 0 saturated heterocycles. The van der Waals surface area contributed by atoms with Gasteiger partial charge in [0, 0.05) is 5.41 Å². The van der Waals surface area contributed by atoms with E-state index in [0.29, 0.717) is 10.9 Å². The van der Waals surface area contributed by atoms with Crippen LogP contribution in [0.3, 0.4) is 0 Å². The first-order valence-electron chi connectivity index (χ1n) is 7.20. The van der Waals surface area contributed by atoms with Crippen molar-refractivity contribution in [3.63, 3.8) is 0 Å². The van der Waals surface area contributed by atoms with Gasteiger partial charge in [0.15, 0.2) is 0 Å². The maximum Gasteiger partial charge on any atom is 0.230 e. The minimum Gasteiger partial charge on any atom is -0.325 e. The van der Waals surface area contributed by atoms with Crippen LogP contribution in [0.25, 0.3) is 0 Å². The molecule has 1 aliphatic rings. The van der Waals surface area contributed by atoms with Crippen molar-refractivity contribution in [1.82, 2.24) is 0 Å². The third-order valence-corrected chi connectivity index (χ3v) is 5.44. The van der Waals surface area contributed by atoms with Crippen molar-refractivity contribution in [2.24, 2.45) is 11.3 Å². The maximum absolute atomic E-state index is 12.8. The van der Waals surface area contributed by atoms with E-state index in [1.165, 1.54) is 0 Å². The fraction of sp³-hybridized carbons (Fsp3) is 0.562. The predicted molar refractivity (Wildman–Crippen MR) is 88.1 cm³/mol. The lowest BCUT2D eigenvalue weighted by Crippen LogP contribution is -2.35. The van der Waals surface area contributed by atoms with Gasteiger partial charge in [0.25, 0.3) is 0 Å². The highest BCUT2D eigenvalue weighted by Gasteiger charge is 2.41. The average molecular weight is 359 g/mol. The highest BCUT2D eigenvalue weighted by molar-refractivity contribution is 9.10. The molecule has 0 atom stereocenters. The van der Waals surface area contributed by atoms with Crippen LogP contribution in [0, 0.1) is 11.3 Å². The number of amides is 1. The molecule has 0 radical (unpaired) electrons. The molecule has 0 aromatic heterocycles. The van der Waals surface area contributed by atoms with Gasteiger partial charge in [-0.05, 0) is 53.2 Å². The van der Waals surface area contributed by atoms with Gasteiger partial charge in [-0.25, -0.2) is 0 Å². The van der Waals surface area contributed by atoms with Crippen LogP contribution in [0.2, 0.25) is 5.02 Å². The second-order valence-electron chi connectivity index (χ2n) is 6.14. The van der Waals surface area contributed by atoms with Gasteiger partial charge in [-0.2, -0.15) is 0 Å². The fourth-order valence-corrected chi connectivity index (χ4v) is 3.75. The third kappa shape index (κ3) is 3.37. The van der Waals surface area contributed by atoms with Crippen molar-refractivity contribution >= 4 is 39.1 Å². The molecule has 110 valence electrons. The zero-order valence-corrected chi connectivity index (χ0v) is 14.4. The molecule has 4 heteroatoms. The summed E-state index contributed by atoms with van der Waals surface area (Å²) in [7, 11) is 0. The number of hydrogen-bond donors (Lipinski definition) is 1. The molecule has 0 bridgehead atoms. The first-order chi connectivity index (χ1) is 9.44. The third-order valence-electron chi connectivity index (χ3n) is 4.04. The lowest BCUT2D eigenvalue weighted by molar-refractivity contribution is -0.126. The summed E-state index contributed by atoms with van der Waals surface area (Å²) in [6.45, 7) is 4.37. The Kier molecular flexibility index (Phi) is 5.14. The maximum atomic E-state index is 12.8. The molecule has 1 saturated carbocycles. The molecule has 1 N–H and O–H groups in total. The van der Waals surface area contributed by atoms with Gasteiger partial charge in [-0.1, -0.05) is 44.4 Å². The van der Waals surface area contributed by atoms with Crippen molar-refractivity contribution < 1.29 is 4.79 Å². The summed E-state index contributed by atoms with van der Waals surface area (Å²) in [5.41, 5.74) is 0.563. The molecule has 2 nitrogen and oxygen atoms in total. The Morgan fingerprint density at radius 2 is 2.05 bits per heavy atom. The SMILES string of the molecule is CC(C)CC1(C(=O)Nc2cccc(Cl)c2Br)CCCC1. The summed E-state index contributed by atoms with van der Waals surface area (Å²) in [6, 6.07) is 5.54. The predicted octanol–water partition coefficient (Wildman–Crippen LogP) is 5.65. The second kappa shape index (κ2) is 6.48. The Balaban J connectivity index is 2.19. The molecule has 20 heavy (non-hydrogen) atoms. The summed E-state index contributed by atoms with van der Waals surface area (Å²) in [4.78, 5) is 12.8. The largest absolute Gasteiger partial charge is 0.325 e. The zero-order chi connectivity index (χ0) is 14.8. The van der Waals surface area contributed by atoms with Crippen molar-refractivity contribution in [2.45, 2.75) is 46.0 Å². The second-order valence-corrected chi connectivity index (χ2v) is 7.34. The lowest BCUT2D eigenvalue weighted by Gasteiger charge is -2.29. The first kappa shape index (κ1) is 15.8. The number of hydrogen-bond acceptors (Lipinski definition) is 1. The molecule has 0 heterocycles. The minimum atomic E-state index is -0.198. The molecule has 1 aromatic carbocycles. The van der Waals surface area contributed by atoms with Crippen LogP contribution in [0.4, 0.5) is 5.69 Å². The smallest absolute Gasteiger partial charge is 0.230 e. The number of rotatable bonds is 4. The van der Waals surface area contributed by atoms with E-state index in [-0.39, 0.29) is 11.3 Å². The van der Waals surface area contributed by atoms with Crippen molar-refractivity contribution in [1.29, 1.82) is 0 Å². The highest BCUT2D eigenvalue weighted by Crippen LogP contribution is 2.44. The van der Waals surface area contributed by atoms with Crippen molar-refractivity contribution in [3.8, 4) is 0 Å². The number of carbonyl (C=O) groups excluding carboxylic acids is 1. The molecule has 0 unspecified atom stereocenters. The van der Waals surface area contributed by atoms with Crippen LogP contribution < -0.4 is 5.32 Å². The van der Waals surface area contributed by atoms with E-state index < -0.39 is 0 Å². The Morgan fingerprint density at radius 3 is 2.65 bits per heavy atom. The van der Waals surface area contributed by atoms with E-state index in [1.54, 1.807) is 6.07 Å². The number of benzene rings is 1. The quantitative estimate of drug-likeness (QED) is 0.740. The molecular weight excluding hydrogens is 338 g/mol. The van der Waals surface area contributed by atoms with Crippen molar-refractivity contribution in [3.05, 3.63) is 27.7 Å². The van der Waals surface area contributed by atoms with E-state index in [0.717, 1.165) is 42.3 Å². The molecule has 1 aromatic rings. The summed E-state index contributed by atoms with van der Waals surface area (Å²) in [5, 5.41) is 3.69. The Hall–Kier alpha value is -0.540. The van der Waals surface area contributed by atoms with Crippen LogP contribution in [0.15, 0.2) is 22.7 Å². The van der Waals surface area contributed by atoms with Gasteiger partial charge in [-0.15, -0.1) is 0 Å². The molecular formula is C16H21BrClNO. The molecule has 1 amide bonds. The fourth-order valence-electron chi connectivity index (χ4n) is 3.21. The van der Waals surface area contributed by atoms with Crippen molar-refractivity contribution in [2.75, 3.05) is 5.32 Å². The van der Waals surface area contributed by atoms with Gasteiger partial charge in [0.2, 0.25) is 5.91 Å². The molecule has 0 spiro atoms. The van der Waals surface area contributed by atoms with Crippen LogP contribution in [-0.4, -0.2) is 5.91 Å². The summed E-state index contributed by atoms with van der Waals surface area (Å²) < 4.78 is 0.757. The normalized spacial score (nSPS) is 17.4. The zero-order valence-electron chi connectivity index (χ0n) is 12.0. The Labute approximate surface area is 134 Å². The number of carbonyl (C=O) groups is 1. The number of halogens is 2. The molecule has 2 rings (SSSR count). The Morgan fingerprint density at radius 1 is 1.40 bits per heavy atom. The summed E-state index contributed by atoms with van der Waals surface area (Å²) in [6.07, 6.45) is 5.25. The van der Waals surface area contributed by atoms with Gasteiger partial charge in [0.1, 0.15) is 0 Å². The van der Waals surface area contributed by atoms with Gasteiger partial charge >= 0.3 is 0 Å². The van der Waals surface area contributed by atoms with E-state index in [4.69, 9.17) is 11.6 Å². The van der Waals surface area contributed by atoms with Crippen LogP contribution in [-0.2, 0) is 4.79 Å². The van der Waals surface area contributed by atoms with Gasteiger partial charge < -0.3 is 5.32 Å².